The lowest BCUT2D eigenvalue weighted by Gasteiger charge is -2.60. The van der Waals surface area contributed by atoms with Crippen LogP contribution in [0.3, 0.4) is 0 Å². The average molecular weight is 633 g/mol. The van der Waals surface area contributed by atoms with E-state index in [1.54, 1.807) is 4.90 Å². The van der Waals surface area contributed by atoms with Crippen LogP contribution in [-0.4, -0.2) is 131 Å². The number of fused-ring (bicyclic) bond motifs is 3. The maximum absolute atomic E-state index is 16.5. The first-order chi connectivity index (χ1) is 22.4. The molecule has 3 saturated heterocycles. The number of para-hydroxylation sites is 1. The molecule has 0 bridgehead atoms. The summed E-state index contributed by atoms with van der Waals surface area (Å²) in [6, 6.07) is 7.18. The molecule has 46 heavy (non-hydrogen) atoms. The van der Waals surface area contributed by atoms with E-state index < -0.39 is 24.2 Å². The maximum atomic E-state index is 16.5. The Balaban J connectivity index is 1.00. The predicted octanol–water partition coefficient (Wildman–Crippen LogP) is 2.25. The highest BCUT2D eigenvalue weighted by atomic mass is 19.1. The summed E-state index contributed by atoms with van der Waals surface area (Å²) in [6.45, 7) is 3.94. The van der Waals surface area contributed by atoms with Crippen LogP contribution in [0.5, 0.6) is 0 Å². The number of aromatic amines is 1. The maximum Gasteiger partial charge on any atom is 0.259 e. The van der Waals surface area contributed by atoms with Gasteiger partial charge < -0.3 is 29.7 Å². The average Bonchev–Trinajstić information content (AvgIpc) is 3.69. The minimum atomic E-state index is -1.27. The van der Waals surface area contributed by atoms with Crippen molar-refractivity contribution < 1.29 is 23.5 Å². The van der Waals surface area contributed by atoms with Gasteiger partial charge in [-0.15, -0.1) is 0 Å². The fourth-order valence-electron chi connectivity index (χ4n) is 9.24. The summed E-state index contributed by atoms with van der Waals surface area (Å²) in [5, 5.41) is 4.25. The van der Waals surface area contributed by atoms with Gasteiger partial charge in [0.05, 0.1) is 42.3 Å². The highest BCUT2D eigenvalue weighted by Gasteiger charge is 2.60. The molecule has 1 aromatic carbocycles. The molecule has 11 heteroatoms. The first-order valence-electron chi connectivity index (χ1n) is 17.2. The highest BCUT2D eigenvalue weighted by Crippen LogP contribution is 2.47. The minimum Gasteiger partial charge on any atom is -0.369 e. The van der Waals surface area contributed by atoms with Crippen molar-refractivity contribution in [2.45, 2.75) is 87.5 Å². The Hall–Kier alpha value is -3.28. The number of halogens is 1. The van der Waals surface area contributed by atoms with E-state index in [0.29, 0.717) is 26.2 Å². The van der Waals surface area contributed by atoms with Crippen molar-refractivity contribution in [3.63, 3.8) is 0 Å². The Labute approximate surface area is 269 Å². The Morgan fingerprint density at radius 2 is 1.85 bits per heavy atom. The van der Waals surface area contributed by atoms with Crippen molar-refractivity contribution in [3.05, 3.63) is 47.8 Å². The van der Waals surface area contributed by atoms with E-state index in [1.807, 2.05) is 43.7 Å². The molecule has 5 heterocycles. The number of rotatable bonds is 5. The zero-order chi connectivity index (χ0) is 31.5. The molecule has 5 fully saturated rings. The molecule has 1 aromatic heterocycles. The van der Waals surface area contributed by atoms with Gasteiger partial charge in [0.1, 0.15) is 6.17 Å². The van der Waals surface area contributed by atoms with Crippen molar-refractivity contribution in [1.29, 1.82) is 0 Å². The van der Waals surface area contributed by atoms with Gasteiger partial charge in [-0.05, 0) is 44.4 Å². The van der Waals surface area contributed by atoms with Crippen LogP contribution in [0.25, 0.3) is 10.9 Å². The number of H-pyrrole nitrogens is 1. The lowest BCUT2D eigenvalue weighted by Crippen LogP contribution is -2.73. The van der Waals surface area contributed by atoms with Crippen molar-refractivity contribution in [3.8, 4) is 0 Å². The van der Waals surface area contributed by atoms with Gasteiger partial charge in [-0.2, -0.15) is 0 Å². The number of benzene rings is 1. The molecule has 2 aliphatic carbocycles. The molecule has 4 aliphatic heterocycles. The summed E-state index contributed by atoms with van der Waals surface area (Å²) in [6.07, 6.45) is 7.03. The van der Waals surface area contributed by atoms with E-state index in [9.17, 15) is 14.4 Å². The Bertz CT molecular complexity index is 1540. The van der Waals surface area contributed by atoms with Crippen molar-refractivity contribution >= 4 is 28.5 Å². The topological polar surface area (TPSA) is 101 Å². The standard InChI is InChI=1S/C35H45FN6O4/c1-39-12-14-40(15-13-39)35(45)25-20-42-28-8-4-5-9-29(28)46-34-31(42)24(33(25)44)17-26(36)32(34)41-11-10-22(19-41)38-30(43)16-21-18-37-27-7-3-2-6-23(21)27/h2-3,6-7,18,20,22,24,26,28-29,31-32,34,37H,4-5,8-17,19H2,1H3,(H,38,43). The number of piperazine rings is 1. The molecule has 6 aliphatic rings. The van der Waals surface area contributed by atoms with Crippen LogP contribution in [0.2, 0.25) is 0 Å². The Morgan fingerprint density at radius 1 is 1.04 bits per heavy atom. The second kappa shape index (κ2) is 12.1. The minimum absolute atomic E-state index is 0.0391. The molecule has 2 aromatic rings. The van der Waals surface area contributed by atoms with E-state index in [2.05, 4.69) is 25.0 Å². The normalized spacial score (nSPS) is 35.1. The van der Waals surface area contributed by atoms with Gasteiger partial charge >= 0.3 is 0 Å². The van der Waals surface area contributed by atoms with Gasteiger partial charge in [-0.3, -0.25) is 19.3 Å². The number of amides is 2. The Morgan fingerprint density at radius 3 is 2.70 bits per heavy atom. The zero-order valence-corrected chi connectivity index (χ0v) is 26.6. The molecule has 8 atom stereocenters. The largest absolute Gasteiger partial charge is 0.369 e. The van der Waals surface area contributed by atoms with Gasteiger partial charge in [0.2, 0.25) is 5.91 Å². The quantitative estimate of drug-likeness (QED) is 0.488. The molecule has 8 unspecified atom stereocenters. The second-order valence-corrected chi connectivity index (χ2v) is 14.4. The number of alkyl halides is 1. The first kappa shape index (κ1) is 30.1. The van der Waals surface area contributed by atoms with Gasteiger partial charge in [-0.1, -0.05) is 31.0 Å². The molecule has 2 saturated carbocycles. The summed E-state index contributed by atoms with van der Waals surface area (Å²) in [5.41, 5.74) is 2.19. The number of nitrogens with one attached hydrogen (secondary N) is 2. The third-order valence-electron chi connectivity index (χ3n) is 11.6. The highest BCUT2D eigenvalue weighted by molar-refractivity contribution is 6.20. The molecule has 246 valence electrons. The lowest BCUT2D eigenvalue weighted by atomic mass is 9.69. The summed E-state index contributed by atoms with van der Waals surface area (Å²) >= 11 is 0. The summed E-state index contributed by atoms with van der Waals surface area (Å²) in [4.78, 5) is 52.5. The SMILES string of the molecule is CN1CCN(C(=O)C2=CN3C4CCCCC4OC4C(N5CCC(NC(=O)Cc6c[nH]c7ccccc67)C5)C(F)CC(C2=O)C43)CC1. The second-order valence-electron chi connectivity index (χ2n) is 14.4. The number of ether oxygens (including phenoxy) is 1. The van der Waals surface area contributed by atoms with Crippen LogP contribution < -0.4 is 5.32 Å². The van der Waals surface area contributed by atoms with E-state index in [0.717, 1.165) is 61.7 Å². The summed E-state index contributed by atoms with van der Waals surface area (Å²) in [5.74, 6) is -1.08. The fraction of sp³-hybridized carbons (Fsp3) is 0.629. The van der Waals surface area contributed by atoms with Gasteiger partial charge in [0, 0.05) is 74.5 Å². The summed E-state index contributed by atoms with van der Waals surface area (Å²) < 4.78 is 23.3. The number of nitrogens with zero attached hydrogens (tertiary/aromatic N) is 4. The number of aromatic nitrogens is 1. The number of ketones is 1. The molecule has 2 N–H and O–H groups in total. The lowest BCUT2D eigenvalue weighted by molar-refractivity contribution is -0.210. The number of hydrogen-bond acceptors (Lipinski definition) is 7. The fourth-order valence-corrected chi connectivity index (χ4v) is 9.24. The third-order valence-corrected chi connectivity index (χ3v) is 11.6. The number of carbonyl (C=O) groups is 3. The molecule has 0 spiro atoms. The van der Waals surface area contributed by atoms with Crippen LogP contribution >= 0.6 is 0 Å². The van der Waals surface area contributed by atoms with Crippen molar-refractivity contribution in [2.24, 2.45) is 5.92 Å². The van der Waals surface area contributed by atoms with Crippen LogP contribution in [0.15, 0.2) is 42.2 Å². The van der Waals surface area contributed by atoms with E-state index in [-0.39, 0.29) is 60.2 Å². The van der Waals surface area contributed by atoms with E-state index in [4.69, 9.17) is 4.74 Å². The number of hydrogen-bond donors (Lipinski definition) is 2. The van der Waals surface area contributed by atoms with Crippen LogP contribution in [0.1, 0.15) is 44.1 Å². The number of likely N-dealkylation sites (N-methyl/N-ethyl adjacent to an activating group) is 1. The smallest absolute Gasteiger partial charge is 0.259 e. The number of Topliss-reactive ketones (excluding diaryl/α,β-unsaturated/α-hetero) is 1. The van der Waals surface area contributed by atoms with E-state index >= 15 is 4.39 Å². The molecule has 0 radical (unpaired) electrons. The van der Waals surface area contributed by atoms with Gasteiger partial charge in [-0.25, -0.2) is 4.39 Å². The summed E-state index contributed by atoms with van der Waals surface area (Å²) in [7, 11) is 2.04. The first-order valence-corrected chi connectivity index (χ1v) is 17.2. The number of likely N-dealkylation sites (tertiary alicyclic amines) is 1. The number of morpholine rings is 1. The molecular weight excluding hydrogens is 587 g/mol. The molecule has 10 nitrogen and oxygen atoms in total. The zero-order valence-electron chi connectivity index (χ0n) is 26.6. The van der Waals surface area contributed by atoms with Crippen LogP contribution in [0, 0.1) is 5.92 Å². The van der Waals surface area contributed by atoms with Crippen molar-refractivity contribution in [2.75, 3.05) is 46.3 Å². The van der Waals surface area contributed by atoms with Crippen LogP contribution in [-0.2, 0) is 25.5 Å². The molecule has 8 rings (SSSR count). The molecule has 2 amide bonds. The predicted molar refractivity (Wildman–Crippen MR) is 171 cm³/mol. The van der Waals surface area contributed by atoms with Crippen molar-refractivity contribution in [1.82, 2.24) is 29.9 Å². The third kappa shape index (κ3) is 5.24. The van der Waals surface area contributed by atoms with Gasteiger partial charge in [0.25, 0.3) is 5.91 Å². The monoisotopic (exact) mass is 632 g/mol. The Kier molecular flexibility index (Phi) is 7.89. The van der Waals surface area contributed by atoms with E-state index in [1.165, 1.54) is 0 Å². The molecular formula is C35H45FN6O4. The van der Waals surface area contributed by atoms with Crippen LogP contribution in [0.4, 0.5) is 4.39 Å². The van der Waals surface area contributed by atoms with Gasteiger partial charge in [0.15, 0.2) is 5.78 Å². The number of carbonyl (C=O) groups excluding carboxylic acids is 3.